The van der Waals surface area contributed by atoms with Crippen molar-refractivity contribution in [1.29, 1.82) is 0 Å². The van der Waals surface area contributed by atoms with E-state index in [4.69, 9.17) is 9.84 Å². The Hall–Kier alpha value is -0.420. The summed E-state index contributed by atoms with van der Waals surface area (Å²) in [5.41, 5.74) is 0. The highest BCUT2D eigenvalue weighted by Crippen LogP contribution is 2.25. The summed E-state index contributed by atoms with van der Waals surface area (Å²) in [4.78, 5) is 13.1. The molecular weight excluding hydrogens is 214 g/mol. The molecule has 5 heteroatoms. The first-order valence-electron chi connectivity index (χ1n) is 5.43. The van der Waals surface area contributed by atoms with Crippen molar-refractivity contribution in [2.24, 2.45) is 5.92 Å². The molecule has 2 heterocycles. The van der Waals surface area contributed by atoms with Gasteiger partial charge in [0.1, 0.15) is 6.61 Å². The molecule has 0 spiro atoms. The molecule has 2 rings (SSSR count). The fourth-order valence-electron chi connectivity index (χ4n) is 2.09. The van der Waals surface area contributed by atoms with E-state index >= 15 is 0 Å². The Morgan fingerprint density at radius 3 is 3.13 bits per heavy atom. The number of cyclic esters (lactones) is 1. The van der Waals surface area contributed by atoms with Gasteiger partial charge in [-0.15, -0.1) is 0 Å². The molecule has 0 saturated carbocycles. The molecule has 15 heavy (non-hydrogen) atoms. The van der Waals surface area contributed by atoms with Crippen molar-refractivity contribution >= 4 is 17.9 Å². The van der Waals surface area contributed by atoms with E-state index in [2.05, 4.69) is 0 Å². The number of rotatable bonds is 3. The molecule has 1 N–H and O–H groups in total. The lowest BCUT2D eigenvalue weighted by Gasteiger charge is -2.27. The maximum atomic E-state index is 11.4. The fraction of sp³-hybridized carbons (Fsp3) is 0.900. The number of aliphatic hydroxyl groups excluding tert-OH is 1. The Bertz CT molecular complexity index is 231. The highest BCUT2D eigenvalue weighted by Gasteiger charge is 2.34. The van der Waals surface area contributed by atoms with E-state index in [-0.39, 0.29) is 18.7 Å². The second-order valence-corrected chi connectivity index (χ2v) is 5.30. The number of carbonyl (C=O) groups is 1. The van der Waals surface area contributed by atoms with Gasteiger partial charge in [-0.25, -0.2) is 4.79 Å². The van der Waals surface area contributed by atoms with E-state index in [0.29, 0.717) is 12.5 Å². The van der Waals surface area contributed by atoms with Gasteiger partial charge in [0.15, 0.2) is 0 Å². The van der Waals surface area contributed by atoms with Gasteiger partial charge in [0.05, 0.1) is 12.6 Å². The summed E-state index contributed by atoms with van der Waals surface area (Å²) in [5.74, 6) is 2.94. The van der Waals surface area contributed by atoms with Crippen LogP contribution in [0.25, 0.3) is 0 Å². The van der Waals surface area contributed by atoms with E-state index in [9.17, 15) is 4.79 Å². The maximum absolute atomic E-state index is 11.4. The molecule has 0 aromatic carbocycles. The molecule has 2 aliphatic rings. The predicted octanol–water partition coefficient (Wildman–Crippen LogP) is 0.943. The molecule has 2 fully saturated rings. The van der Waals surface area contributed by atoms with Crippen LogP contribution in [0.15, 0.2) is 0 Å². The monoisotopic (exact) mass is 231 g/mol. The van der Waals surface area contributed by atoms with Crippen LogP contribution in [0, 0.1) is 5.92 Å². The first-order valence-corrected chi connectivity index (χ1v) is 6.58. The van der Waals surface area contributed by atoms with Gasteiger partial charge < -0.3 is 9.84 Å². The van der Waals surface area contributed by atoms with Crippen LogP contribution < -0.4 is 0 Å². The van der Waals surface area contributed by atoms with E-state index in [1.165, 1.54) is 18.6 Å². The van der Waals surface area contributed by atoms with Crippen molar-refractivity contribution in [2.75, 3.05) is 31.3 Å². The van der Waals surface area contributed by atoms with Gasteiger partial charge in [0.2, 0.25) is 0 Å². The van der Waals surface area contributed by atoms with Gasteiger partial charge in [-0.1, -0.05) is 0 Å². The Balaban J connectivity index is 1.88. The van der Waals surface area contributed by atoms with Crippen molar-refractivity contribution in [3.8, 4) is 0 Å². The minimum Gasteiger partial charge on any atom is -0.447 e. The quantitative estimate of drug-likeness (QED) is 0.785. The molecule has 2 atom stereocenters. The Kier molecular flexibility index (Phi) is 3.75. The van der Waals surface area contributed by atoms with Crippen LogP contribution in [0.4, 0.5) is 4.79 Å². The normalized spacial score (nSPS) is 31.8. The average molecular weight is 231 g/mol. The Morgan fingerprint density at radius 1 is 1.60 bits per heavy atom. The highest BCUT2D eigenvalue weighted by molar-refractivity contribution is 7.99. The van der Waals surface area contributed by atoms with Crippen LogP contribution in [0.2, 0.25) is 0 Å². The number of aliphatic hydroxyl groups is 1. The van der Waals surface area contributed by atoms with Crippen molar-refractivity contribution in [1.82, 2.24) is 4.90 Å². The summed E-state index contributed by atoms with van der Waals surface area (Å²) in [6.45, 7) is 1.10. The van der Waals surface area contributed by atoms with Crippen LogP contribution >= 0.6 is 11.8 Å². The molecule has 0 bridgehead atoms. The largest absolute Gasteiger partial charge is 0.447 e. The van der Waals surface area contributed by atoms with E-state index in [1.54, 1.807) is 4.90 Å². The Morgan fingerprint density at radius 2 is 2.47 bits per heavy atom. The SMILES string of the molecule is O=C1OCC(CO)N1CC1CCCSC1. The maximum Gasteiger partial charge on any atom is 0.410 e. The summed E-state index contributed by atoms with van der Waals surface area (Å²) in [6.07, 6.45) is 2.17. The molecule has 1 amide bonds. The first-order chi connectivity index (χ1) is 7.31. The summed E-state index contributed by atoms with van der Waals surface area (Å²) < 4.78 is 4.93. The third kappa shape index (κ3) is 2.58. The topological polar surface area (TPSA) is 49.8 Å². The van der Waals surface area contributed by atoms with Crippen molar-refractivity contribution in [2.45, 2.75) is 18.9 Å². The van der Waals surface area contributed by atoms with Crippen LogP contribution in [-0.2, 0) is 4.74 Å². The van der Waals surface area contributed by atoms with E-state index in [0.717, 1.165) is 12.3 Å². The molecular formula is C10H17NO3S. The third-order valence-corrected chi connectivity index (χ3v) is 4.28. The van der Waals surface area contributed by atoms with Gasteiger partial charge in [-0.05, 0) is 30.3 Å². The van der Waals surface area contributed by atoms with Gasteiger partial charge in [-0.2, -0.15) is 11.8 Å². The lowest BCUT2D eigenvalue weighted by atomic mass is 10.0. The second-order valence-electron chi connectivity index (χ2n) is 4.15. The van der Waals surface area contributed by atoms with Crippen LogP contribution in [-0.4, -0.2) is 53.4 Å². The van der Waals surface area contributed by atoms with E-state index in [1.807, 2.05) is 11.8 Å². The fourth-order valence-corrected chi connectivity index (χ4v) is 3.24. The highest BCUT2D eigenvalue weighted by atomic mass is 32.2. The molecule has 0 aliphatic carbocycles. The molecule has 86 valence electrons. The van der Waals surface area contributed by atoms with Crippen LogP contribution in [0.3, 0.4) is 0 Å². The number of carbonyl (C=O) groups excluding carboxylic acids is 1. The van der Waals surface area contributed by atoms with Gasteiger partial charge in [0, 0.05) is 6.54 Å². The van der Waals surface area contributed by atoms with Crippen LogP contribution in [0.1, 0.15) is 12.8 Å². The molecule has 2 aliphatic heterocycles. The third-order valence-electron chi connectivity index (χ3n) is 2.99. The standard InChI is InChI=1S/C10H17NO3S/c12-5-9-6-14-10(13)11(9)4-8-2-1-3-15-7-8/h8-9,12H,1-7H2. The minimum absolute atomic E-state index is 0.00556. The lowest BCUT2D eigenvalue weighted by molar-refractivity contribution is 0.145. The summed E-state index contributed by atoms with van der Waals surface area (Å²) in [5, 5.41) is 9.10. The first kappa shape index (κ1) is 11.1. The number of hydrogen-bond acceptors (Lipinski definition) is 4. The Labute approximate surface area is 94.0 Å². The lowest BCUT2D eigenvalue weighted by Crippen LogP contribution is -2.40. The molecule has 4 nitrogen and oxygen atoms in total. The van der Waals surface area contributed by atoms with Crippen molar-refractivity contribution < 1.29 is 14.6 Å². The summed E-state index contributed by atoms with van der Waals surface area (Å²) in [7, 11) is 0. The number of thioether (sulfide) groups is 1. The minimum atomic E-state index is -0.260. The summed E-state index contributed by atoms with van der Waals surface area (Å²) in [6, 6.07) is -0.121. The number of hydrogen-bond donors (Lipinski definition) is 1. The second kappa shape index (κ2) is 5.07. The molecule has 2 saturated heterocycles. The summed E-state index contributed by atoms with van der Waals surface area (Å²) >= 11 is 1.96. The molecule has 0 aromatic heterocycles. The van der Waals surface area contributed by atoms with Gasteiger partial charge >= 0.3 is 6.09 Å². The zero-order valence-electron chi connectivity index (χ0n) is 8.72. The number of amides is 1. The predicted molar refractivity (Wildman–Crippen MR) is 59.0 cm³/mol. The molecule has 0 aromatic rings. The van der Waals surface area contributed by atoms with Gasteiger partial charge in [-0.3, -0.25) is 4.90 Å². The van der Waals surface area contributed by atoms with Gasteiger partial charge in [0.25, 0.3) is 0 Å². The van der Waals surface area contributed by atoms with Crippen LogP contribution in [0.5, 0.6) is 0 Å². The average Bonchev–Trinajstić information content (AvgIpc) is 2.62. The number of ether oxygens (including phenoxy) is 1. The zero-order valence-corrected chi connectivity index (χ0v) is 9.54. The van der Waals surface area contributed by atoms with Crippen molar-refractivity contribution in [3.05, 3.63) is 0 Å². The molecule has 2 unspecified atom stereocenters. The zero-order chi connectivity index (χ0) is 10.7. The van der Waals surface area contributed by atoms with E-state index < -0.39 is 0 Å². The van der Waals surface area contributed by atoms with Crippen molar-refractivity contribution in [3.63, 3.8) is 0 Å². The molecule has 0 radical (unpaired) electrons. The number of nitrogens with zero attached hydrogens (tertiary/aromatic N) is 1. The smallest absolute Gasteiger partial charge is 0.410 e.